The summed E-state index contributed by atoms with van der Waals surface area (Å²) < 4.78 is 0. The molecule has 0 aromatic heterocycles. The number of likely N-dealkylation sites (tertiary alicyclic amines) is 1. The minimum Gasteiger partial charge on any atom is -0.481 e. The fraction of sp³-hybridized carbons (Fsp3) is 0.846. The summed E-state index contributed by atoms with van der Waals surface area (Å²) in [7, 11) is 0. The van der Waals surface area contributed by atoms with E-state index in [1.54, 1.807) is 6.92 Å². The van der Waals surface area contributed by atoms with Crippen LogP contribution in [0.15, 0.2) is 0 Å². The Morgan fingerprint density at radius 3 is 2.28 bits per heavy atom. The maximum atomic E-state index is 12.2. The summed E-state index contributed by atoms with van der Waals surface area (Å²) in [5.74, 6) is -1.13. The van der Waals surface area contributed by atoms with Gasteiger partial charge in [-0.1, -0.05) is 13.8 Å². The number of likely N-dealkylation sites (N-methyl/N-ethyl adjacent to an activating group) is 1. The van der Waals surface area contributed by atoms with E-state index in [0.717, 1.165) is 25.9 Å². The highest BCUT2D eigenvalue weighted by Crippen LogP contribution is 2.13. The Hall–Kier alpha value is -1.10. The number of carbonyl (C=O) groups is 2. The first-order valence-corrected chi connectivity index (χ1v) is 6.73. The molecule has 5 heteroatoms. The molecule has 1 fully saturated rings. The van der Waals surface area contributed by atoms with Crippen LogP contribution in [0.1, 0.15) is 33.6 Å². The number of amides is 1. The quantitative estimate of drug-likeness (QED) is 0.771. The molecule has 5 nitrogen and oxygen atoms in total. The zero-order chi connectivity index (χ0) is 13.7. The van der Waals surface area contributed by atoms with Crippen LogP contribution in [0.3, 0.4) is 0 Å². The van der Waals surface area contributed by atoms with Crippen LogP contribution in [-0.2, 0) is 9.59 Å². The van der Waals surface area contributed by atoms with Gasteiger partial charge in [0.2, 0.25) is 5.91 Å². The summed E-state index contributed by atoms with van der Waals surface area (Å²) in [6.07, 6.45) is 2.16. The highest BCUT2D eigenvalue weighted by Gasteiger charge is 2.28. The Morgan fingerprint density at radius 1 is 1.28 bits per heavy atom. The molecule has 1 heterocycles. The minimum atomic E-state index is -0.811. The van der Waals surface area contributed by atoms with Crippen molar-refractivity contribution in [1.82, 2.24) is 9.80 Å². The average Bonchev–Trinajstić information content (AvgIpc) is 2.87. The van der Waals surface area contributed by atoms with Crippen LogP contribution >= 0.6 is 0 Å². The molecule has 104 valence electrons. The predicted octanol–water partition coefficient (Wildman–Crippen LogP) is 1.04. The lowest BCUT2D eigenvalue weighted by Gasteiger charge is -2.31. The monoisotopic (exact) mass is 256 g/mol. The normalized spacial score (nSPS) is 19.0. The third-order valence-electron chi connectivity index (χ3n) is 3.66. The summed E-state index contributed by atoms with van der Waals surface area (Å²) in [5.41, 5.74) is 0. The average molecular weight is 256 g/mol. The largest absolute Gasteiger partial charge is 0.481 e. The van der Waals surface area contributed by atoms with Gasteiger partial charge in [0.05, 0.1) is 12.0 Å². The van der Waals surface area contributed by atoms with Crippen LogP contribution in [0.4, 0.5) is 0 Å². The van der Waals surface area contributed by atoms with Gasteiger partial charge in [-0.15, -0.1) is 0 Å². The Balaban J connectivity index is 2.57. The molecular formula is C13H24N2O3. The van der Waals surface area contributed by atoms with Crippen molar-refractivity contribution >= 4 is 11.9 Å². The molecule has 1 amide bonds. The van der Waals surface area contributed by atoms with Gasteiger partial charge in [-0.25, -0.2) is 0 Å². The number of carboxylic acids is 1. The fourth-order valence-corrected chi connectivity index (χ4v) is 2.35. The predicted molar refractivity (Wildman–Crippen MR) is 69.3 cm³/mol. The molecule has 0 spiro atoms. The molecule has 1 rings (SSSR count). The van der Waals surface area contributed by atoms with Gasteiger partial charge in [-0.3, -0.25) is 14.5 Å². The van der Waals surface area contributed by atoms with Crippen molar-refractivity contribution in [3.63, 3.8) is 0 Å². The van der Waals surface area contributed by atoms with Crippen LogP contribution in [0.25, 0.3) is 0 Å². The first kappa shape index (κ1) is 15.0. The van der Waals surface area contributed by atoms with Gasteiger partial charge in [0, 0.05) is 19.6 Å². The van der Waals surface area contributed by atoms with E-state index < -0.39 is 11.9 Å². The molecule has 0 bridgehead atoms. The molecule has 0 radical (unpaired) electrons. The second-order valence-corrected chi connectivity index (χ2v) is 5.04. The van der Waals surface area contributed by atoms with Crippen LogP contribution < -0.4 is 0 Å². The Bertz CT molecular complexity index is 301. The van der Waals surface area contributed by atoms with Gasteiger partial charge < -0.3 is 10.0 Å². The van der Waals surface area contributed by atoms with Crippen molar-refractivity contribution in [3.05, 3.63) is 0 Å². The summed E-state index contributed by atoms with van der Waals surface area (Å²) in [4.78, 5) is 26.9. The van der Waals surface area contributed by atoms with E-state index >= 15 is 0 Å². The van der Waals surface area contributed by atoms with Crippen molar-refractivity contribution < 1.29 is 14.7 Å². The topological polar surface area (TPSA) is 60.9 Å². The van der Waals surface area contributed by atoms with Crippen molar-refractivity contribution in [2.24, 2.45) is 5.92 Å². The fourth-order valence-electron chi connectivity index (χ4n) is 2.35. The van der Waals surface area contributed by atoms with Gasteiger partial charge in [0.25, 0.3) is 0 Å². The second kappa shape index (κ2) is 6.73. The number of carboxylic acid groups (broad SMARTS) is 1. The number of carbonyl (C=O) groups excluding carboxylic acids is 1. The van der Waals surface area contributed by atoms with Crippen molar-refractivity contribution in [2.75, 3.05) is 26.2 Å². The lowest BCUT2D eigenvalue weighted by atomic mass is 10.1. The Kier molecular flexibility index (Phi) is 5.59. The second-order valence-electron chi connectivity index (χ2n) is 5.04. The van der Waals surface area contributed by atoms with E-state index in [1.165, 1.54) is 0 Å². The van der Waals surface area contributed by atoms with Crippen LogP contribution in [0.5, 0.6) is 0 Å². The lowest BCUT2D eigenvalue weighted by Crippen LogP contribution is -2.48. The van der Waals surface area contributed by atoms with Crippen molar-refractivity contribution in [2.45, 2.75) is 39.7 Å². The maximum Gasteiger partial charge on any atom is 0.307 e. The Morgan fingerprint density at radius 2 is 1.83 bits per heavy atom. The molecule has 2 unspecified atom stereocenters. The standard InChI is InChI=1S/C13H24N2O3/c1-4-14(9-10(2)13(17)18)11(3)12(16)15-7-5-6-8-15/h10-11H,4-9H2,1-3H3,(H,17,18). The van der Waals surface area contributed by atoms with E-state index in [1.807, 2.05) is 23.6 Å². The summed E-state index contributed by atoms with van der Waals surface area (Å²) in [6, 6.07) is -0.227. The van der Waals surface area contributed by atoms with Gasteiger partial charge in [-0.05, 0) is 26.3 Å². The first-order chi connectivity index (χ1) is 8.47. The molecular weight excluding hydrogens is 232 g/mol. The van der Waals surface area contributed by atoms with Crippen molar-refractivity contribution in [3.8, 4) is 0 Å². The van der Waals surface area contributed by atoms with Gasteiger partial charge in [-0.2, -0.15) is 0 Å². The van der Waals surface area contributed by atoms with E-state index in [4.69, 9.17) is 5.11 Å². The molecule has 0 saturated carbocycles. The molecule has 0 aliphatic carbocycles. The zero-order valence-corrected chi connectivity index (χ0v) is 11.6. The maximum absolute atomic E-state index is 12.2. The zero-order valence-electron chi connectivity index (χ0n) is 11.6. The van der Waals surface area contributed by atoms with Gasteiger partial charge >= 0.3 is 5.97 Å². The summed E-state index contributed by atoms with van der Waals surface area (Å²) in [6.45, 7) is 8.31. The SMILES string of the molecule is CCN(CC(C)C(=O)O)C(C)C(=O)N1CCCC1. The molecule has 1 N–H and O–H groups in total. The van der Waals surface area contributed by atoms with Crippen LogP contribution in [-0.4, -0.2) is 59.0 Å². The molecule has 1 saturated heterocycles. The van der Waals surface area contributed by atoms with E-state index in [-0.39, 0.29) is 11.9 Å². The molecule has 0 aromatic rings. The number of aliphatic carboxylic acids is 1. The molecule has 18 heavy (non-hydrogen) atoms. The third-order valence-corrected chi connectivity index (χ3v) is 3.66. The number of hydrogen-bond donors (Lipinski definition) is 1. The van der Waals surface area contributed by atoms with Gasteiger partial charge in [0.1, 0.15) is 0 Å². The smallest absolute Gasteiger partial charge is 0.307 e. The molecule has 0 aromatic carbocycles. The number of hydrogen-bond acceptors (Lipinski definition) is 3. The van der Waals surface area contributed by atoms with Crippen LogP contribution in [0, 0.1) is 5.92 Å². The van der Waals surface area contributed by atoms with E-state index in [0.29, 0.717) is 13.1 Å². The Labute approximate surface area is 109 Å². The molecule has 1 aliphatic heterocycles. The number of nitrogens with zero attached hydrogens (tertiary/aromatic N) is 2. The van der Waals surface area contributed by atoms with E-state index in [9.17, 15) is 9.59 Å². The van der Waals surface area contributed by atoms with Crippen LogP contribution in [0.2, 0.25) is 0 Å². The van der Waals surface area contributed by atoms with E-state index in [2.05, 4.69) is 0 Å². The van der Waals surface area contributed by atoms with Gasteiger partial charge in [0.15, 0.2) is 0 Å². The summed E-state index contributed by atoms with van der Waals surface area (Å²) in [5, 5.41) is 8.94. The molecule has 1 aliphatic rings. The minimum absolute atomic E-state index is 0.131. The highest BCUT2D eigenvalue weighted by atomic mass is 16.4. The number of rotatable bonds is 6. The first-order valence-electron chi connectivity index (χ1n) is 6.73. The third kappa shape index (κ3) is 3.70. The summed E-state index contributed by atoms with van der Waals surface area (Å²) >= 11 is 0. The lowest BCUT2D eigenvalue weighted by molar-refractivity contribution is -0.143. The van der Waals surface area contributed by atoms with Crippen molar-refractivity contribution in [1.29, 1.82) is 0 Å². The molecule has 2 atom stereocenters. The highest BCUT2D eigenvalue weighted by molar-refractivity contribution is 5.81.